The van der Waals surface area contributed by atoms with E-state index in [1.54, 1.807) is 12.3 Å². The Kier molecular flexibility index (Phi) is 3.74. The fraction of sp³-hybridized carbons (Fsp3) is 0.0714. The first-order chi connectivity index (χ1) is 8.81. The highest BCUT2D eigenvalue weighted by Gasteiger charge is 1.97. The summed E-state index contributed by atoms with van der Waals surface area (Å²) >= 11 is 0. The van der Waals surface area contributed by atoms with E-state index in [1.807, 2.05) is 49.4 Å². The molecule has 0 bridgehead atoms. The zero-order valence-corrected chi connectivity index (χ0v) is 9.99. The molecule has 2 aromatic rings. The van der Waals surface area contributed by atoms with Crippen molar-refractivity contribution in [3.05, 3.63) is 70.1 Å². The minimum atomic E-state index is 0.532. The number of aryl methyl sites for hydroxylation is 1. The summed E-state index contributed by atoms with van der Waals surface area (Å²) in [4.78, 5) is 7.16. The molecule has 4 heteroatoms. The lowest BCUT2D eigenvalue weighted by Gasteiger charge is -2.00. The lowest BCUT2D eigenvalue weighted by Crippen LogP contribution is -1.84. The minimum Gasteiger partial charge on any atom is -0.256 e. The van der Waals surface area contributed by atoms with E-state index < -0.39 is 0 Å². The molecule has 0 aliphatic rings. The fourth-order valence-corrected chi connectivity index (χ4v) is 1.58. The Balaban J connectivity index is 2.35. The Morgan fingerprint density at radius 3 is 2.39 bits per heavy atom. The molecule has 0 fully saturated rings. The van der Waals surface area contributed by atoms with Gasteiger partial charge in [0.1, 0.15) is 0 Å². The maximum absolute atomic E-state index is 8.48. The molecule has 0 heterocycles. The van der Waals surface area contributed by atoms with Gasteiger partial charge in [-0.05, 0) is 29.6 Å². The molecular weight excluding hydrogens is 224 g/mol. The molecule has 0 radical (unpaired) electrons. The van der Waals surface area contributed by atoms with Gasteiger partial charge in [-0.2, -0.15) is 0 Å². The SMILES string of the molecule is Cc1ccccc1C=Nc1ccccc1N=[N+]=[N-]. The van der Waals surface area contributed by atoms with Crippen LogP contribution in [-0.2, 0) is 0 Å². The average Bonchev–Trinajstić information content (AvgIpc) is 2.40. The molecule has 2 aromatic carbocycles. The van der Waals surface area contributed by atoms with Crippen LogP contribution in [0, 0.1) is 6.92 Å². The van der Waals surface area contributed by atoms with Gasteiger partial charge in [-0.15, -0.1) is 0 Å². The number of azide groups is 1. The Morgan fingerprint density at radius 1 is 1.00 bits per heavy atom. The van der Waals surface area contributed by atoms with Crippen molar-refractivity contribution in [1.29, 1.82) is 0 Å². The van der Waals surface area contributed by atoms with Gasteiger partial charge in [0.25, 0.3) is 0 Å². The molecule has 0 spiro atoms. The van der Waals surface area contributed by atoms with E-state index in [1.165, 1.54) is 0 Å². The van der Waals surface area contributed by atoms with Gasteiger partial charge in [-0.25, -0.2) is 0 Å². The summed E-state index contributed by atoms with van der Waals surface area (Å²) in [6.07, 6.45) is 1.78. The van der Waals surface area contributed by atoms with Crippen LogP contribution in [0.15, 0.2) is 58.6 Å². The second kappa shape index (κ2) is 5.66. The first kappa shape index (κ1) is 11.9. The fourth-order valence-electron chi connectivity index (χ4n) is 1.58. The summed E-state index contributed by atoms with van der Waals surface area (Å²) in [5, 5.41) is 3.61. The van der Waals surface area contributed by atoms with E-state index in [0.29, 0.717) is 11.4 Å². The number of hydrogen-bond acceptors (Lipinski definition) is 2. The molecule has 18 heavy (non-hydrogen) atoms. The van der Waals surface area contributed by atoms with Gasteiger partial charge in [0.15, 0.2) is 0 Å². The molecule has 88 valence electrons. The summed E-state index contributed by atoms with van der Waals surface area (Å²) < 4.78 is 0. The normalized spacial score (nSPS) is 10.3. The van der Waals surface area contributed by atoms with Gasteiger partial charge in [0.05, 0.1) is 11.4 Å². The zero-order chi connectivity index (χ0) is 12.8. The Bertz CT molecular complexity index is 625. The largest absolute Gasteiger partial charge is 0.256 e. The highest BCUT2D eigenvalue weighted by molar-refractivity contribution is 5.85. The first-order valence-electron chi connectivity index (χ1n) is 5.55. The Hall–Kier alpha value is -2.58. The smallest absolute Gasteiger partial charge is 0.0725 e. The average molecular weight is 236 g/mol. The monoisotopic (exact) mass is 236 g/mol. The van der Waals surface area contributed by atoms with Crippen LogP contribution >= 0.6 is 0 Å². The lowest BCUT2D eigenvalue weighted by molar-refractivity contribution is 1.41. The summed E-state index contributed by atoms with van der Waals surface area (Å²) in [5.41, 5.74) is 11.9. The third-order valence-electron chi connectivity index (χ3n) is 2.57. The van der Waals surface area contributed by atoms with E-state index in [-0.39, 0.29) is 0 Å². The van der Waals surface area contributed by atoms with Crippen LogP contribution in [0.3, 0.4) is 0 Å². The number of benzene rings is 2. The topological polar surface area (TPSA) is 61.1 Å². The van der Waals surface area contributed by atoms with Gasteiger partial charge in [-0.3, -0.25) is 4.99 Å². The zero-order valence-electron chi connectivity index (χ0n) is 9.99. The molecule has 0 saturated carbocycles. The van der Waals surface area contributed by atoms with Gasteiger partial charge in [-0.1, -0.05) is 47.6 Å². The van der Waals surface area contributed by atoms with Crippen molar-refractivity contribution in [2.45, 2.75) is 6.92 Å². The van der Waals surface area contributed by atoms with E-state index in [9.17, 15) is 0 Å². The standard InChI is InChI=1S/C14H12N4/c1-11-6-2-3-7-12(11)10-16-13-8-4-5-9-14(13)17-18-15/h2-10H,1H3. The molecule has 0 aliphatic heterocycles. The van der Waals surface area contributed by atoms with Crippen molar-refractivity contribution < 1.29 is 0 Å². The summed E-state index contributed by atoms with van der Waals surface area (Å²) in [6, 6.07) is 15.2. The maximum Gasteiger partial charge on any atom is 0.0725 e. The number of nitrogens with zero attached hydrogens (tertiary/aromatic N) is 4. The molecule has 0 saturated heterocycles. The van der Waals surface area contributed by atoms with Gasteiger partial charge < -0.3 is 0 Å². The number of aliphatic imine (C=N–C) groups is 1. The quantitative estimate of drug-likeness (QED) is 0.321. The van der Waals surface area contributed by atoms with Gasteiger partial charge >= 0.3 is 0 Å². The van der Waals surface area contributed by atoms with Crippen molar-refractivity contribution in [3.63, 3.8) is 0 Å². The first-order valence-corrected chi connectivity index (χ1v) is 5.55. The molecule has 0 aliphatic carbocycles. The second-order valence-corrected chi connectivity index (χ2v) is 3.79. The van der Waals surface area contributed by atoms with Crippen molar-refractivity contribution in [2.24, 2.45) is 10.1 Å². The van der Waals surface area contributed by atoms with E-state index in [0.717, 1.165) is 11.1 Å². The molecule has 0 unspecified atom stereocenters. The van der Waals surface area contributed by atoms with Crippen LogP contribution in [-0.4, -0.2) is 6.21 Å². The third kappa shape index (κ3) is 2.75. The minimum absolute atomic E-state index is 0.532. The van der Waals surface area contributed by atoms with Crippen LogP contribution in [0.4, 0.5) is 11.4 Å². The number of hydrogen-bond donors (Lipinski definition) is 0. The maximum atomic E-state index is 8.48. The van der Waals surface area contributed by atoms with Crippen LogP contribution in [0.25, 0.3) is 10.4 Å². The van der Waals surface area contributed by atoms with Crippen molar-refractivity contribution in [1.82, 2.24) is 0 Å². The predicted molar refractivity (Wildman–Crippen MR) is 73.7 cm³/mol. The molecular formula is C14H12N4. The van der Waals surface area contributed by atoms with Crippen molar-refractivity contribution >= 4 is 17.6 Å². The van der Waals surface area contributed by atoms with Gasteiger partial charge in [0, 0.05) is 11.1 Å². The van der Waals surface area contributed by atoms with Crippen LogP contribution in [0.1, 0.15) is 11.1 Å². The van der Waals surface area contributed by atoms with Gasteiger partial charge in [0.2, 0.25) is 0 Å². The third-order valence-corrected chi connectivity index (χ3v) is 2.57. The second-order valence-electron chi connectivity index (χ2n) is 3.79. The van der Waals surface area contributed by atoms with Crippen LogP contribution in [0.2, 0.25) is 0 Å². The van der Waals surface area contributed by atoms with E-state index in [4.69, 9.17) is 5.53 Å². The molecule has 2 rings (SSSR count). The van der Waals surface area contributed by atoms with Crippen LogP contribution in [0.5, 0.6) is 0 Å². The number of para-hydroxylation sites is 1. The molecule has 4 nitrogen and oxygen atoms in total. The highest BCUT2D eigenvalue weighted by Crippen LogP contribution is 2.27. The molecule has 0 atom stereocenters. The Morgan fingerprint density at radius 2 is 1.67 bits per heavy atom. The molecule has 0 N–H and O–H groups in total. The summed E-state index contributed by atoms with van der Waals surface area (Å²) in [5.74, 6) is 0. The van der Waals surface area contributed by atoms with E-state index >= 15 is 0 Å². The Labute approximate surface area is 105 Å². The molecule has 0 aromatic heterocycles. The van der Waals surface area contributed by atoms with Crippen molar-refractivity contribution in [2.75, 3.05) is 0 Å². The molecule has 0 amide bonds. The van der Waals surface area contributed by atoms with E-state index in [2.05, 4.69) is 15.0 Å². The predicted octanol–water partition coefficient (Wildman–Crippen LogP) is 4.69. The van der Waals surface area contributed by atoms with Crippen molar-refractivity contribution in [3.8, 4) is 0 Å². The highest BCUT2D eigenvalue weighted by atomic mass is 15.1. The summed E-state index contributed by atoms with van der Waals surface area (Å²) in [6.45, 7) is 2.03. The van der Waals surface area contributed by atoms with Crippen LogP contribution < -0.4 is 0 Å². The number of rotatable bonds is 3. The lowest BCUT2D eigenvalue weighted by atomic mass is 10.1. The summed E-state index contributed by atoms with van der Waals surface area (Å²) in [7, 11) is 0.